The molecule has 0 saturated carbocycles. The Morgan fingerprint density at radius 2 is 1.42 bits per heavy atom. The van der Waals surface area contributed by atoms with Gasteiger partial charge in [-0.3, -0.25) is 14.4 Å². The van der Waals surface area contributed by atoms with E-state index in [1.165, 1.54) is 50.7 Å². The third kappa shape index (κ3) is 7.13. The number of methoxy groups -OCH3 is 2. The van der Waals surface area contributed by atoms with E-state index in [2.05, 4.69) is 0 Å². The molecule has 0 fully saturated rings. The summed E-state index contributed by atoms with van der Waals surface area (Å²) in [6.45, 7) is -0.262. The Balaban J connectivity index is 1.98. The second kappa shape index (κ2) is 11.3. The smallest absolute Gasteiger partial charge is 0.325 e. The highest BCUT2D eigenvalue weighted by atomic mass is 16.6. The Morgan fingerprint density at radius 3 is 1.97 bits per heavy atom. The van der Waals surface area contributed by atoms with Crippen molar-refractivity contribution in [3.8, 4) is 23.0 Å². The van der Waals surface area contributed by atoms with E-state index in [-0.39, 0.29) is 41.8 Å². The molecule has 2 rings (SSSR count). The fraction of sp³-hybridized carbons (Fsp3) is 0.174. The highest BCUT2D eigenvalue weighted by Gasteiger charge is 2.10. The third-order valence-electron chi connectivity index (χ3n) is 4.05. The first kappa shape index (κ1) is 23.4. The quantitative estimate of drug-likeness (QED) is 0.257. The maximum atomic E-state index is 12.1. The number of phenolic OH excluding ortho intramolecular Hbond substituents is 1. The molecule has 8 nitrogen and oxygen atoms in total. The number of carbonyl (C=O) groups is 3. The number of phenols is 1. The molecule has 0 aliphatic heterocycles. The average molecular weight is 425 g/mol. The van der Waals surface area contributed by atoms with Crippen LogP contribution in [0.5, 0.6) is 23.0 Å². The van der Waals surface area contributed by atoms with Crippen LogP contribution in [0.1, 0.15) is 17.5 Å². The number of ketones is 2. The van der Waals surface area contributed by atoms with Crippen molar-refractivity contribution < 1.29 is 33.7 Å². The summed E-state index contributed by atoms with van der Waals surface area (Å²) >= 11 is 0. The highest BCUT2D eigenvalue weighted by Crippen LogP contribution is 2.29. The van der Waals surface area contributed by atoms with Crippen molar-refractivity contribution in [3.63, 3.8) is 0 Å². The lowest BCUT2D eigenvalue weighted by Gasteiger charge is -2.09. The van der Waals surface area contributed by atoms with E-state index in [9.17, 15) is 19.5 Å². The second-order valence-electron chi connectivity index (χ2n) is 6.30. The van der Waals surface area contributed by atoms with Crippen molar-refractivity contribution in [2.45, 2.75) is 6.42 Å². The molecule has 0 radical (unpaired) electrons. The fourth-order valence-electron chi connectivity index (χ4n) is 2.50. The standard InChI is InChI=1S/C23H23NO7/c1-29-21-11-15(5-9-19(21)27)3-7-17(25)13-18(26)8-4-16-6-10-20(22(12-16)30-2)31-23(28)14-24/h3-12,27H,13-14,24H2,1-2H3/b7-3+,8-4+. The van der Waals surface area contributed by atoms with Crippen LogP contribution in [0.4, 0.5) is 0 Å². The third-order valence-corrected chi connectivity index (χ3v) is 4.05. The van der Waals surface area contributed by atoms with Gasteiger partial charge in [-0.25, -0.2) is 0 Å². The zero-order chi connectivity index (χ0) is 22.8. The van der Waals surface area contributed by atoms with Crippen LogP contribution in [-0.2, 0) is 14.4 Å². The van der Waals surface area contributed by atoms with Crippen molar-refractivity contribution in [3.05, 3.63) is 59.7 Å². The SMILES string of the molecule is COc1cc(/C=C/C(=O)CC(=O)/C=C/c2ccc(OC(=O)CN)c(OC)c2)ccc1O. The van der Waals surface area contributed by atoms with Gasteiger partial charge in [0, 0.05) is 0 Å². The minimum atomic E-state index is -0.603. The summed E-state index contributed by atoms with van der Waals surface area (Å²) in [6.07, 6.45) is 5.34. The normalized spacial score (nSPS) is 10.9. The summed E-state index contributed by atoms with van der Waals surface area (Å²) in [4.78, 5) is 35.4. The second-order valence-corrected chi connectivity index (χ2v) is 6.30. The molecule has 0 amide bonds. The van der Waals surface area contributed by atoms with Gasteiger partial charge >= 0.3 is 5.97 Å². The minimum absolute atomic E-state index is 0.00602. The molecule has 162 valence electrons. The number of carbonyl (C=O) groups excluding carboxylic acids is 3. The summed E-state index contributed by atoms with van der Waals surface area (Å²) in [5.41, 5.74) is 6.49. The molecule has 2 aromatic carbocycles. The van der Waals surface area contributed by atoms with Gasteiger partial charge in [-0.15, -0.1) is 0 Å². The van der Waals surface area contributed by atoms with E-state index >= 15 is 0 Å². The lowest BCUT2D eigenvalue weighted by atomic mass is 10.1. The van der Waals surface area contributed by atoms with E-state index in [1.54, 1.807) is 24.3 Å². The lowest BCUT2D eigenvalue weighted by molar-refractivity contribution is -0.133. The largest absolute Gasteiger partial charge is 0.504 e. The Labute approximate surface area is 179 Å². The Bertz CT molecular complexity index is 1020. The fourth-order valence-corrected chi connectivity index (χ4v) is 2.50. The first-order chi connectivity index (χ1) is 14.9. The number of allylic oxidation sites excluding steroid dienone is 2. The van der Waals surface area contributed by atoms with E-state index < -0.39 is 5.97 Å². The molecule has 0 heterocycles. The molecule has 0 unspecified atom stereocenters. The maximum Gasteiger partial charge on any atom is 0.325 e. The van der Waals surface area contributed by atoms with Crippen LogP contribution >= 0.6 is 0 Å². The van der Waals surface area contributed by atoms with E-state index in [4.69, 9.17) is 19.9 Å². The van der Waals surface area contributed by atoms with Gasteiger partial charge in [0.05, 0.1) is 27.2 Å². The average Bonchev–Trinajstić information content (AvgIpc) is 2.77. The van der Waals surface area contributed by atoms with Crippen LogP contribution in [0.2, 0.25) is 0 Å². The molecule has 0 atom stereocenters. The van der Waals surface area contributed by atoms with Crippen molar-refractivity contribution in [1.29, 1.82) is 0 Å². The summed E-state index contributed by atoms with van der Waals surface area (Å²) in [5.74, 6) is -0.554. The zero-order valence-corrected chi connectivity index (χ0v) is 17.2. The number of hydrogen-bond donors (Lipinski definition) is 2. The van der Waals surface area contributed by atoms with Crippen LogP contribution in [0.3, 0.4) is 0 Å². The molecule has 0 bridgehead atoms. The number of rotatable bonds is 10. The van der Waals surface area contributed by atoms with Gasteiger partial charge < -0.3 is 25.1 Å². The number of ether oxygens (including phenoxy) is 3. The predicted octanol–water partition coefficient (Wildman–Crippen LogP) is 2.53. The number of hydrogen-bond acceptors (Lipinski definition) is 8. The number of benzene rings is 2. The first-order valence-electron chi connectivity index (χ1n) is 9.24. The van der Waals surface area contributed by atoms with Crippen LogP contribution in [-0.4, -0.2) is 43.4 Å². The maximum absolute atomic E-state index is 12.1. The number of nitrogens with two attached hydrogens (primary N) is 1. The van der Waals surface area contributed by atoms with E-state index in [0.29, 0.717) is 16.9 Å². The molecule has 0 saturated heterocycles. The Kier molecular flexibility index (Phi) is 8.53. The molecule has 3 N–H and O–H groups in total. The summed E-state index contributed by atoms with van der Waals surface area (Å²) in [5, 5.41) is 9.58. The first-order valence-corrected chi connectivity index (χ1v) is 9.24. The van der Waals surface area contributed by atoms with Crippen LogP contribution in [0.15, 0.2) is 48.6 Å². The molecule has 2 aromatic rings. The monoisotopic (exact) mass is 425 g/mol. The minimum Gasteiger partial charge on any atom is -0.504 e. The molecule has 0 aliphatic carbocycles. The van der Waals surface area contributed by atoms with Crippen LogP contribution in [0.25, 0.3) is 12.2 Å². The number of aromatic hydroxyl groups is 1. The molecule has 8 heteroatoms. The topological polar surface area (TPSA) is 125 Å². The molecular weight excluding hydrogens is 402 g/mol. The van der Waals surface area contributed by atoms with Gasteiger partial charge in [0.25, 0.3) is 0 Å². The van der Waals surface area contributed by atoms with Gasteiger partial charge in [-0.2, -0.15) is 0 Å². The zero-order valence-electron chi connectivity index (χ0n) is 17.2. The lowest BCUT2D eigenvalue weighted by Crippen LogP contribution is -2.19. The van der Waals surface area contributed by atoms with Crippen molar-refractivity contribution in [1.82, 2.24) is 0 Å². The summed E-state index contributed by atoms with van der Waals surface area (Å²) in [6, 6.07) is 9.38. The van der Waals surface area contributed by atoms with Crippen LogP contribution < -0.4 is 19.9 Å². The Morgan fingerprint density at radius 1 is 0.871 bits per heavy atom. The van der Waals surface area contributed by atoms with E-state index in [0.717, 1.165) is 0 Å². The molecular formula is C23H23NO7. The predicted molar refractivity (Wildman–Crippen MR) is 115 cm³/mol. The van der Waals surface area contributed by atoms with Gasteiger partial charge in [0.1, 0.15) is 0 Å². The van der Waals surface area contributed by atoms with Crippen molar-refractivity contribution in [2.24, 2.45) is 5.73 Å². The number of esters is 1. The highest BCUT2D eigenvalue weighted by molar-refractivity contribution is 6.10. The molecule has 0 aliphatic rings. The van der Waals surface area contributed by atoms with Gasteiger partial charge in [-0.1, -0.05) is 24.3 Å². The molecule has 31 heavy (non-hydrogen) atoms. The Hall–Kier alpha value is -3.91. The van der Waals surface area contributed by atoms with Gasteiger partial charge in [-0.05, 0) is 47.5 Å². The molecule has 0 aromatic heterocycles. The van der Waals surface area contributed by atoms with E-state index in [1.807, 2.05) is 0 Å². The van der Waals surface area contributed by atoms with Gasteiger partial charge in [0.2, 0.25) is 0 Å². The van der Waals surface area contributed by atoms with Gasteiger partial charge in [0.15, 0.2) is 34.6 Å². The molecule has 0 spiro atoms. The van der Waals surface area contributed by atoms with Crippen LogP contribution in [0, 0.1) is 0 Å². The van der Waals surface area contributed by atoms with Crippen molar-refractivity contribution >= 4 is 29.7 Å². The summed E-state index contributed by atoms with van der Waals surface area (Å²) in [7, 11) is 2.84. The van der Waals surface area contributed by atoms with Crippen molar-refractivity contribution in [2.75, 3.05) is 20.8 Å². The summed E-state index contributed by atoms with van der Waals surface area (Å²) < 4.78 is 15.2.